The van der Waals surface area contributed by atoms with Gasteiger partial charge in [0.15, 0.2) is 0 Å². The van der Waals surface area contributed by atoms with Gasteiger partial charge in [-0.15, -0.1) is 0 Å². The van der Waals surface area contributed by atoms with Gasteiger partial charge in [0, 0.05) is 121 Å². The Balaban J connectivity index is 0.889. The number of anilines is 6. The molecule has 0 atom stereocenters. The summed E-state index contributed by atoms with van der Waals surface area (Å²) in [7, 11) is 0. The molecule has 24 aromatic rings. The van der Waals surface area contributed by atoms with E-state index in [1.165, 1.54) is 0 Å². The maximum absolute atomic E-state index is 10.6. The van der Waals surface area contributed by atoms with Crippen LogP contribution < -0.4 is 26.2 Å². The lowest BCUT2D eigenvalue weighted by Gasteiger charge is -2.47. The standard InChI is InChI=1S/C126H93BN4O3/c1-124(2,3)83-68-98(82-40-29-39-79(65-82)76-33-13-10-14-34-76)120(101(69-83)92-46-32-56-117-118(92)97-45-23-28-55-116(97)132-117)130-110-74-86(128-106-51-24-19-41-88(106)99-66-80(57-63-108(99)128)77-35-15-11-16-36-77)59-61-104(110)127-105-62-60-87(129-107-52-25-20-42-89(107)100-67-81(58-64-109(100)129)78-37-17-12-18-38-78)75-111(105)131(113-73-85(126(7,8)9)72-112(130)119(113)127)121-102(95-49-30-47-93-90-43-21-26-53-114(90)133-122(93)95)70-84(125(4,5)6)71-103(121)96-50-31-48-94-91-44-22-27-54-115(91)134-123(94)96/h10-75H,1-9H3/i19D,20D,24D,25D,41D,42D,51D,52D,57D,58D,63D,64D,66D,67D. The van der Waals surface area contributed by atoms with E-state index in [0.717, 1.165) is 116 Å². The van der Waals surface area contributed by atoms with Crippen molar-refractivity contribution >= 4 is 167 Å². The van der Waals surface area contributed by atoms with Crippen molar-refractivity contribution in [3.05, 3.63) is 417 Å². The molecule has 0 saturated carbocycles. The molecule has 0 saturated heterocycles. The Bertz CT molecular complexity index is 9820. The van der Waals surface area contributed by atoms with E-state index in [-0.39, 0.29) is 91.0 Å². The molecule has 0 bridgehead atoms. The molecule has 7 heterocycles. The van der Waals surface area contributed by atoms with E-state index < -0.39 is 71.3 Å². The predicted molar refractivity (Wildman–Crippen MR) is 565 cm³/mol. The normalized spacial score (nSPS) is 14.4. The van der Waals surface area contributed by atoms with Gasteiger partial charge in [-0.3, -0.25) is 0 Å². The highest BCUT2D eigenvalue weighted by molar-refractivity contribution is 7.00. The summed E-state index contributed by atoms with van der Waals surface area (Å²) in [4.78, 5) is 4.80. The Morgan fingerprint density at radius 3 is 1.13 bits per heavy atom. The minimum Gasteiger partial charge on any atom is -0.456 e. The first-order chi connectivity index (χ1) is 71.2. The molecule has 0 fully saturated rings. The third-order valence-electron chi connectivity index (χ3n) is 27.6. The van der Waals surface area contributed by atoms with Gasteiger partial charge in [-0.2, -0.15) is 0 Å². The van der Waals surface area contributed by atoms with Crippen molar-refractivity contribution in [1.29, 1.82) is 0 Å². The number of aromatic nitrogens is 2. The van der Waals surface area contributed by atoms with Gasteiger partial charge < -0.3 is 32.2 Å². The molecule has 2 aliphatic heterocycles. The third-order valence-corrected chi connectivity index (χ3v) is 27.6. The first-order valence-corrected chi connectivity index (χ1v) is 45.7. The first kappa shape index (κ1) is 65.4. The maximum atomic E-state index is 10.6. The zero-order valence-electron chi connectivity index (χ0n) is 89.1. The lowest BCUT2D eigenvalue weighted by atomic mass is 9.33. The van der Waals surface area contributed by atoms with E-state index in [2.05, 4.69) is 230 Å². The van der Waals surface area contributed by atoms with E-state index in [0.29, 0.717) is 95.4 Å². The van der Waals surface area contributed by atoms with E-state index in [4.69, 9.17) is 13.3 Å². The molecule has 0 aliphatic carbocycles. The fraction of sp³-hybridized carbons (Fsp3) is 0.0952. The average Bonchev–Trinajstić information content (AvgIpc) is 0.747. The molecule has 5 aromatic heterocycles. The summed E-state index contributed by atoms with van der Waals surface area (Å²) in [5.74, 6) is 0. The van der Waals surface area contributed by atoms with Crippen molar-refractivity contribution in [2.45, 2.75) is 78.6 Å². The Hall–Kier alpha value is -16.2. The number of hydrogen-bond donors (Lipinski definition) is 0. The average molecular weight is 1740 g/mol. The van der Waals surface area contributed by atoms with Crippen molar-refractivity contribution in [3.8, 4) is 89.3 Å². The Morgan fingerprint density at radius 1 is 0.254 bits per heavy atom. The van der Waals surface area contributed by atoms with Gasteiger partial charge in [0.25, 0.3) is 6.71 Å². The molecule has 2 aliphatic rings. The van der Waals surface area contributed by atoms with E-state index >= 15 is 0 Å². The number of para-hydroxylation sites is 7. The zero-order chi connectivity index (χ0) is 102. The summed E-state index contributed by atoms with van der Waals surface area (Å²) in [6.45, 7) is 19.1. The van der Waals surface area contributed by atoms with Crippen LogP contribution in [0.2, 0.25) is 0 Å². The number of fused-ring (bicyclic) bond motifs is 19. The quantitative estimate of drug-likeness (QED) is 0.121. The fourth-order valence-corrected chi connectivity index (χ4v) is 21.1. The molecule has 0 radical (unpaired) electrons. The van der Waals surface area contributed by atoms with Crippen molar-refractivity contribution in [1.82, 2.24) is 9.13 Å². The van der Waals surface area contributed by atoms with Crippen LogP contribution in [0.5, 0.6) is 0 Å². The van der Waals surface area contributed by atoms with E-state index in [9.17, 15) is 19.2 Å². The SMILES string of the molecule is [2H]c1c([2H])c([2H])c2c(c1[2H])c1c([2H])c(-c3ccccc3)c([2H])c([2H])c1n2-c1ccc2c(c1)N(c1c(-c3cccc4c3oc3ccccc34)cc(C(C)(C)C)cc1-c1cccc3c1oc1ccccc13)c1cc(C(C)(C)C)cc3c1B2c1ccc(-n2c4c([2H])c([2H])c([2H])c([2H])c4c4c([2H])c(-c5ccccc5)c([2H])c([2H])c42)cc1N3c1c(-c2cccc(-c3ccccc3)c2)cc(C(C)(C)C)cc1-c1cccc2oc3ccccc3c12. The van der Waals surface area contributed by atoms with Crippen LogP contribution in [0.3, 0.4) is 0 Å². The van der Waals surface area contributed by atoms with Gasteiger partial charge in [0.1, 0.15) is 33.5 Å². The van der Waals surface area contributed by atoms with Gasteiger partial charge in [-0.1, -0.05) is 335 Å². The number of rotatable bonds is 11. The van der Waals surface area contributed by atoms with Gasteiger partial charge in [-0.25, -0.2) is 0 Å². The molecule has 0 N–H and O–H groups in total. The van der Waals surface area contributed by atoms with E-state index in [1.807, 2.05) is 109 Å². The number of nitrogens with zero attached hydrogens (tertiary/aromatic N) is 4. The predicted octanol–water partition coefficient (Wildman–Crippen LogP) is 33.2. The van der Waals surface area contributed by atoms with Crippen LogP contribution in [0.15, 0.2) is 413 Å². The van der Waals surface area contributed by atoms with Crippen LogP contribution >= 0.6 is 0 Å². The molecule has 0 amide bonds. The second kappa shape index (κ2) is 29.7. The van der Waals surface area contributed by atoms with Crippen molar-refractivity contribution in [3.63, 3.8) is 0 Å². The summed E-state index contributed by atoms with van der Waals surface area (Å²) in [5, 5.41) is 5.42. The summed E-state index contributed by atoms with van der Waals surface area (Å²) >= 11 is 0. The molecular formula is C126H93BN4O3. The molecule has 7 nitrogen and oxygen atoms in total. The minimum atomic E-state index is -0.882. The van der Waals surface area contributed by atoms with Gasteiger partial charge in [-0.05, 0) is 221 Å². The van der Waals surface area contributed by atoms with Crippen LogP contribution in [0.1, 0.15) is 98.2 Å². The van der Waals surface area contributed by atoms with E-state index in [1.54, 1.807) is 57.7 Å². The summed E-state index contributed by atoms with van der Waals surface area (Å²) in [6, 6.07) is 101. The molecule has 134 heavy (non-hydrogen) atoms. The number of benzene rings is 19. The molecule has 638 valence electrons. The molecule has 8 heteroatoms. The van der Waals surface area contributed by atoms with Crippen molar-refractivity contribution < 1.29 is 32.4 Å². The molecular weight excluding hydrogens is 1630 g/mol. The zero-order valence-corrected chi connectivity index (χ0v) is 75.1. The Morgan fingerprint density at radius 2 is 0.627 bits per heavy atom. The number of furan rings is 3. The Labute approximate surface area is 798 Å². The van der Waals surface area contributed by atoms with Gasteiger partial charge in [0.2, 0.25) is 0 Å². The van der Waals surface area contributed by atoms with Crippen molar-refractivity contribution in [2.75, 3.05) is 9.80 Å². The number of hydrogen-bond acceptors (Lipinski definition) is 5. The molecule has 0 spiro atoms. The van der Waals surface area contributed by atoms with Crippen LogP contribution in [-0.2, 0) is 16.2 Å². The highest BCUT2D eigenvalue weighted by atomic mass is 16.3. The Kier molecular flexibility index (Phi) is 14.5. The van der Waals surface area contributed by atoms with Crippen LogP contribution in [0.4, 0.5) is 34.1 Å². The maximum Gasteiger partial charge on any atom is 0.252 e. The van der Waals surface area contributed by atoms with Crippen LogP contribution in [0, 0.1) is 0 Å². The second-order valence-corrected chi connectivity index (χ2v) is 38.7. The minimum absolute atomic E-state index is 0.00230. The summed E-state index contributed by atoms with van der Waals surface area (Å²) in [6.07, 6.45) is 0. The molecule has 19 aromatic carbocycles. The van der Waals surface area contributed by atoms with Crippen molar-refractivity contribution in [2.24, 2.45) is 0 Å². The molecule has 26 rings (SSSR count). The largest absolute Gasteiger partial charge is 0.456 e. The summed E-state index contributed by atoms with van der Waals surface area (Å²) < 4.78 is 168. The lowest BCUT2D eigenvalue weighted by molar-refractivity contribution is 0.590. The van der Waals surface area contributed by atoms with Crippen LogP contribution in [-0.4, -0.2) is 15.8 Å². The topological polar surface area (TPSA) is 55.8 Å². The highest BCUT2D eigenvalue weighted by Gasteiger charge is 2.48. The van der Waals surface area contributed by atoms with Crippen LogP contribution in [0.25, 0.3) is 199 Å². The second-order valence-electron chi connectivity index (χ2n) is 38.7. The smallest absolute Gasteiger partial charge is 0.252 e. The third kappa shape index (κ3) is 12.3. The lowest BCUT2D eigenvalue weighted by Crippen LogP contribution is -2.61. The van der Waals surface area contributed by atoms with Gasteiger partial charge >= 0.3 is 0 Å². The monoisotopic (exact) mass is 1730 g/mol. The first-order valence-electron chi connectivity index (χ1n) is 52.7. The van der Waals surface area contributed by atoms with Gasteiger partial charge in [0.05, 0.1) is 52.6 Å². The fourth-order valence-electron chi connectivity index (χ4n) is 21.1. The highest BCUT2D eigenvalue weighted by Crippen LogP contribution is 2.59. The summed E-state index contributed by atoms with van der Waals surface area (Å²) in [5.41, 5.74) is 21.1. The molecule has 0 unspecified atom stereocenters.